The first-order chi connectivity index (χ1) is 50.0. The van der Waals surface area contributed by atoms with Crippen molar-refractivity contribution in [2.45, 2.75) is 156 Å². The van der Waals surface area contributed by atoms with Gasteiger partial charge in [-0.05, 0) is 128 Å². The fourth-order valence-electron chi connectivity index (χ4n) is 15.1. The molecule has 0 bridgehead atoms. The van der Waals surface area contributed by atoms with Gasteiger partial charge in [-0.3, -0.25) is 43.5 Å². The average Bonchev–Trinajstić information content (AvgIpc) is 1.20. The van der Waals surface area contributed by atoms with Gasteiger partial charge in [0.2, 0.25) is 35.4 Å². The number of carboxylic acid groups (broad SMARTS) is 3. The lowest BCUT2D eigenvalue weighted by Gasteiger charge is -2.31. The largest absolute Gasteiger partial charge is 0.550 e. The summed E-state index contributed by atoms with van der Waals surface area (Å²) in [5, 5.41) is 26.7. The van der Waals surface area contributed by atoms with Gasteiger partial charge in [0, 0.05) is 74.6 Å². The molecule has 9 rings (SSSR count). The van der Waals surface area contributed by atoms with Gasteiger partial charge in [0.1, 0.15) is 0 Å². The highest BCUT2D eigenvalue weighted by molar-refractivity contribution is 6.06. The van der Waals surface area contributed by atoms with E-state index < -0.39 is 17.9 Å². The molecule has 6 amide bonds. The van der Waals surface area contributed by atoms with Crippen molar-refractivity contribution >= 4 is 53.4 Å². The molecule has 0 aliphatic carbocycles. The molecule has 18 nitrogen and oxygen atoms in total. The number of hydrogen-bond donors (Lipinski definition) is 3. The molecule has 6 aromatic carbocycles. The van der Waals surface area contributed by atoms with Crippen molar-refractivity contribution in [1.29, 1.82) is 0 Å². The second kappa shape index (κ2) is 46.1. The Morgan fingerprint density at radius 2 is 0.533 bits per heavy atom. The number of likely N-dealkylation sites (tertiary alicyclic amines) is 3. The highest BCUT2D eigenvalue weighted by atomic mass is 16.4. The molecule has 105 heavy (non-hydrogen) atoms. The van der Waals surface area contributed by atoms with E-state index in [0.717, 1.165) is 115 Å². The van der Waals surface area contributed by atoms with Crippen LogP contribution in [-0.4, -0.2) is 150 Å². The van der Waals surface area contributed by atoms with Crippen LogP contribution >= 0.6 is 0 Å². The number of nitrogens with zero attached hydrogens (tertiary/aromatic N) is 3. The average molecular weight is 1440 g/mol. The third kappa shape index (κ3) is 28.1. The second-order valence-electron chi connectivity index (χ2n) is 29.1. The third-order valence-corrected chi connectivity index (χ3v) is 20.3. The third-order valence-electron chi connectivity index (χ3n) is 20.3. The Labute approximate surface area is 626 Å². The van der Waals surface area contributed by atoms with Crippen LogP contribution in [0.25, 0.3) is 0 Å². The highest BCUT2D eigenvalue weighted by Gasteiger charge is 2.51. The van der Waals surface area contributed by atoms with Crippen LogP contribution in [0.1, 0.15) is 189 Å². The van der Waals surface area contributed by atoms with E-state index in [9.17, 15) is 28.8 Å². The maximum atomic E-state index is 13.9. The first kappa shape index (κ1) is 88.4. The molecule has 12 unspecified atom stereocenters. The van der Waals surface area contributed by atoms with Gasteiger partial charge in [-0.15, -0.1) is 0 Å². The van der Waals surface area contributed by atoms with Crippen molar-refractivity contribution in [2.24, 2.45) is 35.5 Å². The highest BCUT2D eigenvalue weighted by Crippen LogP contribution is 2.47. The van der Waals surface area contributed by atoms with Gasteiger partial charge in [0.25, 0.3) is 0 Å². The molecule has 3 saturated heterocycles. The number of carboxylic acids is 3. The van der Waals surface area contributed by atoms with Gasteiger partial charge < -0.3 is 44.4 Å². The maximum absolute atomic E-state index is 13.9. The number of carbonyl (C=O) groups excluding carboxylic acids is 9. The van der Waals surface area contributed by atoms with Crippen molar-refractivity contribution in [1.82, 2.24) is 14.7 Å². The molecule has 18 heteroatoms. The van der Waals surface area contributed by atoms with Gasteiger partial charge >= 0.3 is 0 Å². The summed E-state index contributed by atoms with van der Waals surface area (Å²) < 4.78 is 0. The zero-order valence-corrected chi connectivity index (χ0v) is 65.1. The van der Waals surface area contributed by atoms with Crippen LogP contribution in [0.3, 0.4) is 0 Å². The lowest BCUT2D eigenvalue weighted by molar-refractivity contribution is -0.858. The van der Waals surface area contributed by atoms with Crippen LogP contribution in [-0.2, 0) is 43.2 Å². The van der Waals surface area contributed by atoms with Crippen molar-refractivity contribution in [3.8, 4) is 0 Å². The summed E-state index contributed by atoms with van der Waals surface area (Å²) in [6.07, 6.45) is 8.18. The summed E-state index contributed by atoms with van der Waals surface area (Å²) in [6, 6.07) is 63.0. The molecule has 0 aromatic heterocycles. The smallest absolute Gasteiger partial charge is 0.233 e. The minimum absolute atomic E-state index is 0.00236. The lowest BCUT2D eigenvalue weighted by Crippen LogP contribution is -3.05. The summed E-state index contributed by atoms with van der Waals surface area (Å²) >= 11 is 0. The predicted octanol–water partition coefficient (Wildman–Crippen LogP) is 6.80. The Hall–Kier alpha value is -8.97. The van der Waals surface area contributed by atoms with E-state index in [4.69, 9.17) is 29.7 Å². The molecule has 0 spiro atoms. The van der Waals surface area contributed by atoms with E-state index in [1.165, 1.54) is 41.2 Å². The minimum atomic E-state index is -1.08. The number of rotatable bonds is 30. The molecule has 3 aliphatic heterocycles. The van der Waals surface area contributed by atoms with Crippen molar-refractivity contribution < 1.29 is 73.2 Å². The van der Waals surface area contributed by atoms with Gasteiger partial charge in [-0.25, -0.2) is 0 Å². The minimum Gasteiger partial charge on any atom is -0.550 e. The van der Waals surface area contributed by atoms with Gasteiger partial charge in [0.15, 0.2) is 0 Å². The van der Waals surface area contributed by atoms with Crippen molar-refractivity contribution in [3.05, 3.63) is 215 Å². The van der Waals surface area contributed by atoms with E-state index in [2.05, 4.69) is 197 Å². The Balaban J connectivity index is 0.000000316. The van der Waals surface area contributed by atoms with Crippen molar-refractivity contribution in [2.75, 3.05) is 81.6 Å². The number of carbonyl (C=O) groups is 9. The molecule has 570 valence electrons. The summed E-state index contributed by atoms with van der Waals surface area (Å²) in [6.45, 7) is 19.8. The van der Waals surface area contributed by atoms with Crippen LogP contribution in [0.2, 0.25) is 0 Å². The topological polar surface area (TPSA) is 246 Å². The monoisotopic (exact) mass is 1440 g/mol. The molecule has 0 saturated carbocycles. The molecule has 3 aliphatic rings. The number of nitrogens with one attached hydrogen (secondary N) is 3. The molecule has 3 fully saturated rings. The van der Waals surface area contributed by atoms with Crippen LogP contribution < -0.4 is 30.0 Å². The number of amides is 6. The zero-order chi connectivity index (χ0) is 77.9. The number of aliphatic carboxylic acids is 3. The summed E-state index contributed by atoms with van der Waals surface area (Å²) in [7, 11) is 12.6. The van der Waals surface area contributed by atoms with Crippen LogP contribution in [0, 0.1) is 35.5 Å². The fourth-order valence-corrected chi connectivity index (χ4v) is 15.1. The first-order valence-electron chi connectivity index (χ1n) is 37.8. The Morgan fingerprint density at radius 1 is 0.324 bits per heavy atom. The van der Waals surface area contributed by atoms with Crippen LogP contribution in [0.15, 0.2) is 182 Å². The first-order valence-corrected chi connectivity index (χ1v) is 37.8. The molecule has 0 radical (unpaired) electrons. The van der Waals surface area contributed by atoms with E-state index in [0.29, 0.717) is 31.5 Å². The van der Waals surface area contributed by atoms with Gasteiger partial charge in [0.05, 0.1) is 79.7 Å². The maximum Gasteiger partial charge on any atom is 0.233 e. The van der Waals surface area contributed by atoms with E-state index in [-0.39, 0.29) is 94.6 Å². The number of quaternary nitrogens is 3. The van der Waals surface area contributed by atoms with Gasteiger partial charge in [-0.2, -0.15) is 0 Å². The van der Waals surface area contributed by atoms with Crippen molar-refractivity contribution in [3.63, 3.8) is 0 Å². The van der Waals surface area contributed by atoms with E-state index in [1.54, 1.807) is 4.90 Å². The fraction of sp³-hybridized carbons (Fsp3) is 0.483. The Kier molecular flexibility index (Phi) is 38.8. The standard InChI is InChI=1S/C35H44N2O2.C27H36N2O2.C19H28N2O2.3C2H4O2/c1-5-27(28-16-9-6-10-17-28)24-31(29-18-11-7-12-19-29)25-32(30-20-13-8-14-21-30)33-26(2)34(38)37(35(33)39)23-15-22-36(3)4;1-5-21(22-13-8-6-9-14-22)19-24(23-15-10-7-11-16-23)25-20(2)26(30)29(27(25)31)18-12-17-28(3)4;1-5-16(15-10-7-6-8-11-15)17-14(2)18(22)21(19(17)23)13-9-12-20(3)4;3*1-2(3)4/h6-14,16-21,26-27,31-33H,5,15,22-25H2,1-4H3;6-11,13-16,20-21,24-25H,5,12,17-19H2,1-4H3;6-8,10-11,14,16-17H,5,9,12-13H2,1-4H3;3*1H3,(H,3,4). The zero-order valence-electron chi connectivity index (χ0n) is 65.1. The molecular weight excluding hydrogens is 1320 g/mol. The number of imide groups is 3. The summed E-state index contributed by atoms with van der Waals surface area (Å²) in [5.74, 6) is -3.71. The quantitative estimate of drug-likeness (QED) is 0.0395. The number of benzene rings is 6. The summed E-state index contributed by atoms with van der Waals surface area (Å²) in [4.78, 5) is 115. The lowest BCUT2D eigenvalue weighted by atomic mass is 9.71. The Morgan fingerprint density at radius 3 is 0.771 bits per heavy atom. The van der Waals surface area contributed by atoms with Crippen LogP contribution in [0.4, 0.5) is 0 Å². The molecule has 3 heterocycles. The summed E-state index contributed by atoms with van der Waals surface area (Å²) in [5.41, 5.74) is 7.46. The normalized spacial score (nSPS) is 19.3. The number of hydrogen-bond acceptors (Lipinski definition) is 12. The van der Waals surface area contributed by atoms with Crippen LogP contribution in [0.5, 0.6) is 0 Å². The molecule has 12 atom stereocenters. The second-order valence-corrected chi connectivity index (χ2v) is 29.1. The predicted molar refractivity (Wildman–Crippen MR) is 407 cm³/mol. The SMILES string of the molecule is CC(=O)[O-].CC(=O)[O-].CC(=O)[O-].CCC(CC(CC(c1ccccc1)C1C(=O)N(CCC[NH+](C)C)C(=O)C1C)c1ccccc1)c1ccccc1.CCC(CC(c1ccccc1)C1C(=O)N(CCC[NH+](C)C)C(=O)C1C)c1ccccc1.CCC(c1ccccc1)C1C(=O)N(CCC[NH+](C)C)C(=O)C1C. The van der Waals surface area contributed by atoms with E-state index >= 15 is 0 Å². The molecule has 3 N–H and O–H groups in total. The Bertz CT molecular complexity index is 3540. The molecule has 6 aromatic rings. The molecular formula is C87H120N6O12. The van der Waals surface area contributed by atoms with Gasteiger partial charge in [-0.1, -0.05) is 224 Å². The van der Waals surface area contributed by atoms with E-state index in [1.807, 2.05) is 69.3 Å².